The summed E-state index contributed by atoms with van der Waals surface area (Å²) in [4.78, 5) is 14.9. The second-order valence-electron chi connectivity index (χ2n) is 3.80. The van der Waals surface area contributed by atoms with Crippen molar-refractivity contribution in [2.24, 2.45) is 0 Å². The van der Waals surface area contributed by atoms with Gasteiger partial charge < -0.3 is 4.57 Å². The van der Waals surface area contributed by atoms with Crippen molar-refractivity contribution < 1.29 is 4.79 Å². The van der Waals surface area contributed by atoms with Gasteiger partial charge in [0.25, 0.3) is 0 Å². The molecule has 14 heavy (non-hydrogen) atoms. The average Bonchev–Trinajstić information content (AvgIpc) is 2.58. The van der Waals surface area contributed by atoms with Crippen molar-refractivity contribution in [2.45, 2.75) is 46.1 Å². The molecule has 0 aromatic carbocycles. The zero-order chi connectivity index (χ0) is 10.6. The van der Waals surface area contributed by atoms with Crippen LogP contribution in [0.25, 0.3) is 0 Å². The zero-order valence-corrected chi connectivity index (χ0v) is 9.16. The summed E-state index contributed by atoms with van der Waals surface area (Å²) in [7, 11) is 0. The largest absolute Gasteiger partial charge is 0.332 e. The second-order valence-corrected chi connectivity index (χ2v) is 3.80. The molecule has 0 aliphatic carbocycles. The smallest absolute Gasteiger partial charge is 0.170 e. The normalized spacial score (nSPS) is 10.9. The van der Waals surface area contributed by atoms with E-state index in [2.05, 4.69) is 30.3 Å². The molecule has 0 amide bonds. The average molecular weight is 194 g/mol. The summed E-state index contributed by atoms with van der Waals surface area (Å²) in [5.74, 6) is 1.03. The molecule has 1 rings (SSSR count). The molecule has 0 spiro atoms. The molecule has 78 valence electrons. The Hall–Kier alpha value is -1.12. The van der Waals surface area contributed by atoms with E-state index in [1.165, 1.54) is 0 Å². The predicted molar refractivity (Wildman–Crippen MR) is 56.6 cm³/mol. The van der Waals surface area contributed by atoms with Crippen molar-refractivity contribution in [2.75, 3.05) is 0 Å². The van der Waals surface area contributed by atoms with Gasteiger partial charge in [-0.2, -0.15) is 0 Å². The van der Waals surface area contributed by atoms with E-state index < -0.39 is 0 Å². The number of hydrogen-bond acceptors (Lipinski definition) is 2. The number of rotatable bonds is 5. The number of nitrogens with zero attached hydrogens (tertiary/aromatic N) is 2. The van der Waals surface area contributed by atoms with Crippen LogP contribution in [0.4, 0.5) is 0 Å². The van der Waals surface area contributed by atoms with Crippen LogP contribution in [-0.2, 0) is 6.42 Å². The highest BCUT2D eigenvalue weighted by Crippen LogP contribution is 2.12. The Bertz CT molecular complexity index is 302. The number of aldehydes is 1. The van der Waals surface area contributed by atoms with Gasteiger partial charge in [0.1, 0.15) is 11.5 Å². The SMILES string of the molecule is CCCCc1nc(C=O)cn1C(C)C. The van der Waals surface area contributed by atoms with Crippen LogP contribution < -0.4 is 0 Å². The van der Waals surface area contributed by atoms with Crippen LogP contribution in [0, 0.1) is 0 Å². The molecule has 1 aromatic rings. The van der Waals surface area contributed by atoms with Crippen LogP contribution in [-0.4, -0.2) is 15.8 Å². The topological polar surface area (TPSA) is 34.9 Å². The van der Waals surface area contributed by atoms with E-state index in [1.807, 2.05) is 6.20 Å². The fourth-order valence-electron chi connectivity index (χ4n) is 1.48. The number of aryl methyl sites for hydroxylation is 1. The summed E-state index contributed by atoms with van der Waals surface area (Å²) in [5, 5.41) is 0. The number of carbonyl (C=O) groups excluding carboxylic acids is 1. The Kier molecular flexibility index (Phi) is 3.86. The van der Waals surface area contributed by atoms with E-state index in [0.29, 0.717) is 11.7 Å². The van der Waals surface area contributed by atoms with Gasteiger partial charge in [-0.25, -0.2) is 4.98 Å². The van der Waals surface area contributed by atoms with E-state index in [4.69, 9.17) is 0 Å². The van der Waals surface area contributed by atoms with E-state index in [1.54, 1.807) is 0 Å². The highest BCUT2D eigenvalue weighted by atomic mass is 16.1. The number of aromatic nitrogens is 2. The highest BCUT2D eigenvalue weighted by Gasteiger charge is 2.08. The van der Waals surface area contributed by atoms with Crippen molar-refractivity contribution in [1.82, 2.24) is 9.55 Å². The number of carbonyl (C=O) groups is 1. The molecule has 1 heterocycles. The Morgan fingerprint density at radius 3 is 2.79 bits per heavy atom. The van der Waals surface area contributed by atoms with Crippen LogP contribution in [0.1, 0.15) is 56.0 Å². The monoisotopic (exact) mass is 194 g/mol. The molecule has 0 radical (unpaired) electrons. The quantitative estimate of drug-likeness (QED) is 0.675. The van der Waals surface area contributed by atoms with Crippen LogP contribution >= 0.6 is 0 Å². The maximum Gasteiger partial charge on any atom is 0.170 e. The van der Waals surface area contributed by atoms with Gasteiger partial charge in [0, 0.05) is 18.7 Å². The summed E-state index contributed by atoms with van der Waals surface area (Å²) in [6.45, 7) is 6.36. The molecule has 3 nitrogen and oxygen atoms in total. The lowest BCUT2D eigenvalue weighted by atomic mass is 10.2. The van der Waals surface area contributed by atoms with Crippen molar-refractivity contribution >= 4 is 6.29 Å². The molecule has 0 fully saturated rings. The van der Waals surface area contributed by atoms with Gasteiger partial charge in [0.05, 0.1) is 0 Å². The van der Waals surface area contributed by atoms with Crippen molar-refractivity contribution in [3.8, 4) is 0 Å². The molecule has 0 bridgehead atoms. The minimum Gasteiger partial charge on any atom is -0.332 e. The maximum atomic E-state index is 10.6. The van der Waals surface area contributed by atoms with Crippen LogP contribution in [0.15, 0.2) is 6.20 Å². The van der Waals surface area contributed by atoms with E-state index in [0.717, 1.165) is 31.4 Å². The third-order valence-electron chi connectivity index (χ3n) is 2.26. The van der Waals surface area contributed by atoms with Gasteiger partial charge in [0.15, 0.2) is 6.29 Å². The predicted octanol–water partition coefficient (Wildman–Crippen LogP) is 2.62. The molecule has 0 saturated carbocycles. The van der Waals surface area contributed by atoms with Gasteiger partial charge >= 0.3 is 0 Å². The maximum absolute atomic E-state index is 10.6. The first-order valence-electron chi connectivity index (χ1n) is 5.22. The first-order valence-corrected chi connectivity index (χ1v) is 5.22. The van der Waals surface area contributed by atoms with Crippen molar-refractivity contribution in [3.05, 3.63) is 17.7 Å². The highest BCUT2D eigenvalue weighted by molar-refractivity contribution is 5.71. The Morgan fingerprint density at radius 2 is 2.29 bits per heavy atom. The third-order valence-corrected chi connectivity index (χ3v) is 2.26. The van der Waals surface area contributed by atoms with Gasteiger partial charge in [-0.05, 0) is 20.3 Å². The van der Waals surface area contributed by atoms with Crippen LogP contribution in [0.2, 0.25) is 0 Å². The van der Waals surface area contributed by atoms with E-state index >= 15 is 0 Å². The van der Waals surface area contributed by atoms with E-state index in [-0.39, 0.29) is 0 Å². The summed E-state index contributed by atoms with van der Waals surface area (Å²) >= 11 is 0. The number of unbranched alkanes of at least 4 members (excludes halogenated alkanes) is 1. The standard InChI is InChI=1S/C11H18N2O/c1-4-5-6-11-12-10(8-14)7-13(11)9(2)3/h7-9H,4-6H2,1-3H3. The molecule has 1 aromatic heterocycles. The summed E-state index contributed by atoms with van der Waals surface area (Å²) in [6, 6.07) is 0.378. The van der Waals surface area contributed by atoms with Gasteiger partial charge in [-0.15, -0.1) is 0 Å². The second kappa shape index (κ2) is 4.94. The molecule has 0 N–H and O–H groups in total. The zero-order valence-electron chi connectivity index (χ0n) is 9.16. The Labute approximate surface area is 85.2 Å². The van der Waals surface area contributed by atoms with Crippen LogP contribution in [0.3, 0.4) is 0 Å². The number of hydrogen-bond donors (Lipinski definition) is 0. The van der Waals surface area contributed by atoms with Crippen molar-refractivity contribution in [3.63, 3.8) is 0 Å². The Balaban J connectivity index is 2.87. The van der Waals surface area contributed by atoms with Crippen molar-refractivity contribution in [1.29, 1.82) is 0 Å². The lowest BCUT2D eigenvalue weighted by Gasteiger charge is -2.10. The minimum atomic E-state index is 0.378. The summed E-state index contributed by atoms with van der Waals surface area (Å²) in [6.07, 6.45) is 5.89. The van der Waals surface area contributed by atoms with Gasteiger partial charge in [-0.3, -0.25) is 4.79 Å². The fourth-order valence-corrected chi connectivity index (χ4v) is 1.48. The first-order chi connectivity index (χ1) is 6.69. The van der Waals surface area contributed by atoms with E-state index in [9.17, 15) is 4.79 Å². The molecule has 0 unspecified atom stereocenters. The molecule has 0 atom stereocenters. The Morgan fingerprint density at radius 1 is 1.57 bits per heavy atom. The molecular formula is C11H18N2O. The molecule has 0 aliphatic heterocycles. The van der Waals surface area contributed by atoms with Crippen LogP contribution in [0.5, 0.6) is 0 Å². The van der Waals surface area contributed by atoms with Gasteiger partial charge in [-0.1, -0.05) is 13.3 Å². The number of imidazole rings is 1. The molecule has 3 heteroatoms. The molecular weight excluding hydrogens is 176 g/mol. The lowest BCUT2D eigenvalue weighted by Crippen LogP contribution is -2.05. The minimum absolute atomic E-state index is 0.378. The van der Waals surface area contributed by atoms with Gasteiger partial charge in [0.2, 0.25) is 0 Å². The molecule has 0 saturated heterocycles. The summed E-state index contributed by atoms with van der Waals surface area (Å²) < 4.78 is 2.08. The molecule has 0 aliphatic rings. The fraction of sp³-hybridized carbons (Fsp3) is 0.636. The third kappa shape index (κ3) is 2.44. The lowest BCUT2D eigenvalue weighted by molar-refractivity contribution is 0.111. The first kappa shape index (κ1) is 11.0. The summed E-state index contributed by atoms with van der Waals surface area (Å²) in [5.41, 5.74) is 0.546.